The lowest BCUT2D eigenvalue weighted by Gasteiger charge is -2.07. The van der Waals surface area contributed by atoms with E-state index in [0.717, 1.165) is 10.4 Å². The number of rotatable bonds is 6. The Morgan fingerprint density at radius 2 is 1.96 bits per heavy atom. The summed E-state index contributed by atoms with van der Waals surface area (Å²) < 4.78 is 4.83. The van der Waals surface area contributed by atoms with Crippen LogP contribution in [0.15, 0.2) is 54.7 Å². The highest BCUT2D eigenvalue weighted by atomic mass is 35.5. The molecule has 1 aromatic heterocycles. The van der Waals surface area contributed by atoms with Gasteiger partial charge in [0.2, 0.25) is 0 Å². The molecule has 0 spiro atoms. The molecular formula is C20H18ClN3O3S. The highest BCUT2D eigenvalue weighted by Gasteiger charge is 2.11. The van der Waals surface area contributed by atoms with E-state index in [9.17, 15) is 9.59 Å². The van der Waals surface area contributed by atoms with E-state index in [2.05, 4.69) is 15.6 Å². The van der Waals surface area contributed by atoms with E-state index >= 15 is 0 Å². The maximum absolute atomic E-state index is 12.5. The molecule has 2 aromatic carbocycles. The number of ether oxygens (including phenoxy) is 1. The molecule has 0 saturated heterocycles. The third-order valence-electron chi connectivity index (χ3n) is 3.69. The first-order chi connectivity index (χ1) is 13.5. The number of benzene rings is 2. The summed E-state index contributed by atoms with van der Waals surface area (Å²) in [4.78, 5) is 29.3. The van der Waals surface area contributed by atoms with Gasteiger partial charge in [0.15, 0.2) is 5.13 Å². The average molecular weight is 416 g/mol. The van der Waals surface area contributed by atoms with Gasteiger partial charge in [-0.25, -0.2) is 9.78 Å². The molecule has 0 atom stereocenters. The van der Waals surface area contributed by atoms with Gasteiger partial charge < -0.3 is 4.74 Å². The number of carbonyl (C=O) groups is 2. The zero-order valence-electron chi connectivity index (χ0n) is 15.1. The number of hydrogen-bond acceptors (Lipinski definition) is 5. The number of nitrogens with zero attached hydrogens (tertiary/aromatic N) is 1. The largest absolute Gasteiger partial charge is 0.450 e. The van der Waals surface area contributed by atoms with Crippen LogP contribution in [-0.4, -0.2) is 23.6 Å². The molecule has 3 rings (SSSR count). The van der Waals surface area contributed by atoms with Crippen LogP contribution >= 0.6 is 22.9 Å². The Bertz CT molecular complexity index is 990. The van der Waals surface area contributed by atoms with Crippen LogP contribution in [0.3, 0.4) is 0 Å². The van der Waals surface area contributed by atoms with Gasteiger partial charge in [-0.05, 0) is 42.8 Å². The molecule has 2 N–H and O–H groups in total. The van der Waals surface area contributed by atoms with Crippen molar-refractivity contribution < 1.29 is 14.3 Å². The molecule has 6 nitrogen and oxygen atoms in total. The maximum atomic E-state index is 12.5. The molecule has 144 valence electrons. The molecule has 0 bridgehead atoms. The van der Waals surface area contributed by atoms with Crippen molar-refractivity contribution in [3.8, 4) is 0 Å². The molecule has 3 aromatic rings. The fourth-order valence-electron chi connectivity index (χ4n) is 2.49. The van der Waals surface area contributed by atoms with Gasteiger partial charge in [0.1, 0.15) is 0 Å². The number of hydrogen-bond donors (Lipinski definition) is 2. The van der Waals surface area contributed by atoms with Gasteiger partial charge in [-0.15, -0.1) is 11.3 Å². The minimum absolute atomic E-state index is 0.271. The summed E-state index contributed by atoms with van der Waals surface area (Å²) in [5.74, 6) is -0.309. The minimum atomic E-state index is -0.564. The van der Waals surface area contributed by atoms with E-state index in [-0.39, 0.29) is 12.5 Å². The van der Waals surface area contributed by atoms with Gasteiger partial charge >= 0.3 is 6.09 Å². The van der Waals surface area contributed by atoms with Gasteiger partial charge in [0.05, 0.1) is 6.61 Å². The molecule has 0 aliphatic rings. The second kappa shape index (κ2) is 9.34. The van der Waals surface area contributed by atoms with E-state index in [0.29, 0.717) is 27.8 Å². The van der Waals surface area contributed by atoms with E-state index in [1.165, 1.54) is 11.3 Å². The highest BCUT2D eigenvalue weighted by molar-refractivity contribution is 7.15. The van der Waals surface area contributed by atoms with Gasteiger partial charge in [0.25, 0.3) is 5.91 Å². The zero-order chi connectivity index (χ0) is 19.9. The van der Waals surface area contributed by atoms with E-state index < -0.39 is 6.09 Å². The van der Waals surface area contributed by atoms with Gasteiger partial charge in [-0.1, -0.05) is 29.8 Å². The monoisotopic (exact) mass is 415 g/mol. The van der Waals surface area contributed by atoms with Gasteiger partial charge in [-0.2, -0.15) is 0 Å². The normalized spacial score (nSPS) is 10.4. The van der Waals surface area contributed by atoms with Crippen LogP contribution in [0.2, 0.25) is 5.02 Å². The summed E-state index contributed by atoms with van der Waals surface area (Å²) >= 11 is 7.41. The van der Waals surface area contributed by atoms with Crippen molar-refractivity contribution in [2.45, 2.75) is 13.3 Å². The van der Waals surface area contributed by atoms with Crippen LogP contribution in [0.1, 0.15) is 27.7 Å². The van der Waals surface area contributed by atoms with Crippen molar-refractivity contribution >= 4 is 45.8 Å². The molecule has 1 heterocycles. The standard InChI is InChI=1S/C20H18ClN3O3S/c1-2-27-20(26)23-16-8-4-6-14(11-16)18(25)24-19-22-12-17(28-19)10-13-5-3-7-15(21)9-13/h3-9,11-12H,2,10H2,1H3,(H,23,26)(H,22,24,25). The fraction of sp³-hybridized carbons (Fsp3) is 0.150. The number of halogens is 1. The smallest absolute Gasteiger partial charge is 0.411 e. The van der Waals surface area contributed by atoms with Crippen LogP contribution in [0.5, 0.6) is 0 Å². The first kappa shape index (κ1) is 19.9. The molecule has 2 amide bonds. The molecule has 0 saturated carbocycles. The van der Waals surface area contributed by atoms with Crippen molar-refractivity contribution in [1.82, 2.24) is 4.98 Å². The van der Waals surface area contributed by atoms with Gasteiger partial charge in [-0.3, -0.25) is 15.4 Å². The molecule has 0 unspecified atom stereocenters. The number of aromatic nitrogens is 1. The molecule has 0 radical (unpaired) electrons. The van der Waals surface area contributed by atoms with E-state index in [4.69, 9.17) is 16.3 Å². The lowest BCUT2D eigenvalue weighted by atomic mass is 10.1. The van der Waals surface area contributed by atoms with Crippen molar-refractivity contribution in [3.63, 3.8) is 0 Å². The molecule has 0 aliphatic carbocycles. The first-order valence-electron chi connectivity index (χ1n) is 8.58. The van der Waals surface area contributed by atoms with Crippen molar-refractivity contribution in [3.05, 3.63) is 75.8 Å². The Morgan fingerprint density at radius 1 is 1.14 bits per heavy atom. The molecule has 0 aliphatic heterocycles. The van der Waals surface area contributed by atoms with Crippen molar-refractivity contribution in [2.24, 2.45) is 0 Å². The van der Waals surface area contributed by atoms with Gasteiger partial charge in [0, 0.05) is 33.8 Å². The van der Waals surface area contributed by atoms with Crippen LogP contribution in [0.25, 0.3) is 0 Å². The zero-order valence-corrected chi connectivity index (χ0v) is 16.6. The number of amides is 2. The predicted octanol–water partition coefficient (Wildman–Crippen LogP) is 5.21. The third kappa shape index (κ3) is 5.55. The molecule has 28 heavy (non-hydrogen) atoms. The Kier molecular flexibility index (Phi) is 6.62. The summed E-state index contributed by atoms with van der Waals surface area (Å²) in [6.45, 7) is 1.99. The predicted molar refractivity (Wildman–Crippen MR) is 111 cm³/mol. The van der Waals surface area contributed by atoms with Crippen LogP contribution in [-0.2, 0) is 11.2 Å². The summed E-state index contributed by atoms with van der Waals surface area (Å²) in [6.07, 6.45) is 1.86. The molecule has 8 heteroatoms. The molecule has 0 fully saturated rings. The maximum Gasteiger partial charge on any atom is 0.411 e. The van der Waals surface area contributed by atoms with Crippen LogP contribution < -0.4 is 10.6 Å². The number of thiazole rings is 1. The van der Waals surface area contributed by atoms with Crippen LogP contribution in [0, 0.1) is 0 Å². The highest BCUT2D eigenvalue weighted by Crippen LogP contribution is 2.23. The SMILES string of the molecule is CCOC(=O)Nc1cccc(C(=O)Nc2ncc(Cc3cccc(Cl)c3)s2)c1. The fourth-order valence-corrected chi connectivity index (χ4v) is 3.54. The lowest BCUT2D eigenvalue weighted by Crippen LogP contribution is -2.15. The summed E-state index contributed by atoms with van der Waals surface area (Å²) in [5, 5.41) is 6.55. The number of nitrogens with one attached hydrogen (secondary N) is 2. The molecular weight excluding hydrogens is 398 g/mol. The summed E-state index contributed by atoms with van der Waals surface area (Å²) in [5.41, 5.74) is 1.96. The number of carbonyl (C=O) groups excluding carboxylic acids is 2. The Balaban J connectivity index is 1.63. The summed E-state index contributed by atoms with van der Waals surface area (Å²) in [6, 6.07) is 14.2. The quantitative estimate of drug-likeness (QED) is 0.579. The Labute approximate surface area is 171 Å². The third-order valence-corrected chi connectivity index (χ3v) is 4.84. The first-order valence-corrected chi connectivity index (χ1v) is 9.77. The second-order valence-corrected chi connectivity index (χ2v) is 7.37. The van der Waals surface area contributed by atoms with Crippen molar-refractivity contribution in [1.29, 1.82) is 0 Å². The Hall–Kier alpha value is -2.90. The average Bonchev–Trinajstić information content (AvgIpc) is 3.09. The van der Waals surface area contributed by atoms with E-state index in [1.54, 1.807) is 37.4 Å². The topological polar surface area (TPSA) is 80.3 Å². The van der Waals surface area contributed by atoms with E-state index in [1.807, 2.05) is 24.3 Å². The Morgan fingerprint density at radius 3 is 2.75 bits per heavy atom. The van der Waals surface area contributed by atoms with Crippen molar-refractivity contribution in [2.75, 3.05) is 17.2 Å². The minimum Gasteiger partial charge on any atom is -0.450 e. The van der Waals surface area contributed by atoms with Crippen LogP contribution in [0.4, 0.5) is 15.6 Å². The second-order valence-electron chi connectivity index (χ2n) is 5.82. The lowest BCUT2D eigenvalue weighted by molar-refractivity contribution is 0.102. The summed E-state index contributed by atoms with van der Waals surface area (Å²) in [7, 11) is 0. The number of anilines is 2.